The molecule has 5 rings (SSSR count). The van der Waals surface area contributed by atoms with Gasteiger partial charge in [-0.1, -0.05) is 30.3 Å². The zero-order valence-electron chi connectivity index (χ0n) is 21.9. The second-order valence-electron chi connectivity index (χ2n) is 11.6. The molecule has 1 unspecified atom stereocenters. The SMILES string of the molecule is CC(F)(c1ccc2c(c1)CC[C@H]1N(C(=O)C3CCC(C(N)=O)CC3)CC[C@@]21Cc1ccc(F)cc1)C(F)(F)F. The first kappa shape index (κ1) is 27.6. The van der Waals surface area contributed by atoms with Gasteiger partial charge in [0.25, 0.3) is 0 Å². The minimum atomic E-state index is -5.05. The summed E-state index contributed by atoms with van der Waals surface area (Å²) in [6.07, 6.45) is -0.672. The fourth-order valence-corrected chi connectivity index (χ4v) is 7.11. The first-order valence-corrected chi connectivity index (χ1v) is 13.6. The summed E-state index contributed by atoms with van der Waals surface area (Å²) in [6, 6.07) is 10.1. The monoisotopic (exact) mass is 548 g/mol. The predicted molar refractivity (Wildman–Crippen MR) is 136 cm³/mol. The highest BCUT2D eigenvalue weighted by atomic mass is 19.4. The molecule has 2 amide bonds. The lowest BCUT2D eigenvalue weighted by molar-refractivity contribution is -0.228. The number of likely N-dealkylation sites (tertiary alicyclic amines) is 1. The zero-order chi connectivity index (χ0) is 28.2. The van der Waals surface area contributed by atoms with E-state index in [2.05, 4.69) is 0 Å². The number of fused-ring (bicyclic) bond motifs is 3. The van der Waals surface area contributed by atoms with Crippen LogP contribution in [0, 0.1) is 17.7 Å². The second kappa shape index (κ2) is 9.89. The first-order chi connectivity index (χ1) is 18.3. The second-order valence-corrected chi connectivity index (χ2v) is 11.6. The van der Waals surface area contributed by atoms with E-state index in [0.29, 0.717) is 70.4 Å². The molecule has 210 valence electrons. The molecule has 0 spiro atoms. The Hall–Kier alpha value is -2.97. The van der Waals surface area contributed by atoms with Crippen molar-refractivity contribution in [1.82, 2.24) is 4.90 Å². The van der Waals surface area contributed by atoms with Crippen molar-refractivity contribution in [3.63, 3.8) is 0 Å². The number of nitrogens with zero attached hydrogens (tertiary/aromatic N) is 1. The molecule has 1 heterocycles. The molecule has 2 N–H and O–H groups in total. The van der Waals surface area contributed by atoms with Crippen molar-refractivity contribution < 1.29 is 31.5 Å². The van der Waals surface area contributed by atoms with Gasteiger partial charge in [-0.15, -0.1) is 0 Å². The van der Waals surface area contributed by atoms with Crippen molar-refractivity contribution in [2.75, 3.05) is 6.54 Å². The Morgan fingerprint density at radius 3 is 2.23 bits per heavy atom. The zero-order valence-corrected chi connectivity index (χ0v) is 21.9. The standard InChI is InChI=1S/C30H33F5N2O2/c1-28(32,30(33,34)35)22-9-12-24-21(16-22)8-13-25-29(24,17-18-2-10-23(31)11-3-18)14-15-37(25)27(39)20-6-4-19(5-7-20)26(36)38/h2-3,9-12,16,19-20,25H,4-8,13-15,17H2,1H3,(H2,36,38)/t19?,20?,25-,28?,29-/m1/s1. The van der Waals surface area contributed by atoms with Gasteiger partial charge < -0.3 is 10.6 Å². The largest absolute Gasteiger partial charge is 0.426 e. The molecular formula is C30H33F5N2O2. The number of hydrogen-bond acceptors (Lipinski definition) is 2. The normalized spacial score (nSPS) is 28.4. The maximum Gasteiger partial charge on any atom is 0.426 e. The van der Waals surface area contributed by atoms with Crippen LogP contribution in [0.3, 0.4) is 0 Å². The highest BCUT2D eigenvalue weighted by Crippen LogP contribution is 2.51. The topological polar surface area (TPSA) is 63.4 Å². The van der Waals surface area contributed by atoms with Gasteiger partial charge in [0.05, 0.1) is 0 Å². The molecule has 2 aromatic carbocycles. The quantitative estimate of drug-likeness (QED) is 0.474. The highest BCUT2D eigenvalue weighted by Gasteiger charge is 2.56. The summed E-state index contributed by atoms with van der Waals surface area (Å²) in [6.45, 7) is 1.03. The van der Waals surface area contributed by atoms with Gasteiger partial charge >= 0.3 is 6.18 Å². The van der Waals surface area contributed by atoms with Gasteiger partial charge in [-0.2, -0.15) is 13.2 Å². The first-order valence-electron chi connectivity index (χ1n) is 13.6. The third-order valence-electron chi connectivity index (χ3n) is 9.41. The number of carbonyl (C=O) groups is 2. The molecule has 39 heavy (non-hydrogen) atoms. The molecule has 0 radical (unpaired) electrons. The number of halogens is 5. The van der Waals surface area contributed by atoms with Crippen molar-refractivity contribution in [2.45, 2.75) is 81.6 Å². The summed E-state index contributed by atoms with van der Waals surface area (Å²) in [4.78, 5) is 27.3. The van der Waals surface area contributed by atoms with Gasteiger partial charge in [-0.25, -0.2) is 8.78 Å². The number of hydrogen-bond donors (Lipinski definition) is 1. The number of nitrogens with two attached hydrogens (primary N) is 1. The number of benzene rings is 2. The molecule has 3 atom stereocenters. The van der Waals surface area contributed by atoms with E-state index < -0.39 is 22.8 Å². The minimum Gasteiger partial charge on any atom is -0.369 e. The van der Waals surface area contributed by atoms with Gasteiger partial charge in [0.1, 0.15) is 5.82 Å². The maximum absolute atomic E-state index is 14.9. The summed E-state index contributed by atoms with van der Waals surface area (Å²) < 4.78 is 68.9. The van der Waals surface area contributed by atoms with Gasteiger partial charge in [0.2, 0.25) is 17.5 Å². The van der Waals surface area contributed by atoms with E-state index in [0.717, 1.165) is 11.1 Å². The Morgan fingerprint density at radius 1 is 0.974 bits per heavy atom. The summed E-state index contributed by atoms with van der Waals surface area (Å²) in [5, 5.41) is 0. The molecule has 0 bridgehead atoms. The number of primary amides is 1. The molecule has 1 saturated heterocycles. The number of aryl methyl sites for hydroxylation is 1. The molecule has 1 saturated carbocycles. The van der Waals surface area contributed by atoms with Crippen LogP contribution in [0.2, 0.25) is 0 Å². The molecule has 4 nitrogen and oxygen atoms in total. The van der Waals surface area contributed by atoms with E-state index in [1.807, 2.05) is 4.90 Å². The third kappa shape index (κ3) is 4.82. The van der Waals surface area contributed by atoms with Crippen LogP contribution in [-0.2, 0) is 33.5 Å². The summed E-state index contributed by atoms with van der Waals surface area (Å²) in [5.41, 5.74) is 3.32. The van der Waals surface area contributed by atoms with Gasteiger partial charge in [-0.3, -0.25) is 9.59 Å². The fourth-order valence-electron chi connectivity index (χ4n) is 7.11. The van der Waals surface area contributed by atoms with E-state index >= 15 is 0 Å². The van der Waals surface area contributed by atoms with Crippen LogP contribution in [0.1, 0.15) is 67.7 Å². The average Bonchev–Trinajstić information content (AvgIpc) is 3.28. The fraction of sp³-hybridized carbons (Fsp3) is 0.533. The van der Waals surface area contributed by atoms with E-state index in [4.69, 9.17) is 5.73 Å². The van der Waals surface area contributed by atoms with Crippen LogP contribution >= 0.6 is 0 Å². The lowest BCUT2D eigenvalue weighted by Crippen LogP contribution is -2.51. The van der Waals surface area contributed by atoms with E-state index in [1.165, 1.54) is 24.3 Å². The lowest BCUT2D eigenvalue weighted by Gasteiger charge is -2.45. The van der Waals surface area contributed by atoms with Crippen LogP contribution < -0.4 is 5.73 Å². The van der Waals surface area contributed by atoms with Crippen LogP contribution in [0.4, 0.5) is 22.0 Å². The number of alkyl halides is 4. The molecule has 9 heteroatoms. The van der Waals surface area contributed by atoms with Crippen molar-refractivity contribution in [3.05, 3.63) is 70.5 Å². The summed E-state index contributed by atoms with van der Waals surface area (Å²) >= 11 is 0. The molecular weight excluding hydrogens is 515 g/mol. The number of rotatable bonds is 5. The number of carbonyl (C=O) groups excluding carboxylic acids is 2. The van der Waals surface area contributed by atoms with Crippen LogP contribution in [0.5, 0.6) is 0 Å². The van der Waals surface area contributed by atoms with Crippen LogP contribution in [0.25, 0.3) is 0 Å². The molecule has 0 aromatic heterocycles. The molecule has 2 aromatic rings. The highest BCUT2D eigenvalue weighted by molar-refractivity contribution is 5.81. The predicted octanol–water partition coefficient (Wildman–Crippen LogP) is 5.89. The molecule has 3 aliphatic rings. The van der Waals surface area contributed by atoms with Gasteiger partial charge in [0, 0.05) is 29.8 Å². The Labute approximate surface area is 224 Å². The van der Waals surface area contributed by atoms with E-state index in [1.54, 1.807) is 18.2 Å². The molecule has 1 aliphatic heterocycles. The maximum atomic E-state index is 14.9. The Balaban J connectivity index is 1.49. The lowest BCUT2D eigenvalue weighted by atomic mass is 9.63. The van der Waals surface area contributed by atoms with E-state index in [9.17, 15) is 31.5 Å². The summed E-state index contributed by atoms with van der Waals surface area (Å²) in [7, 11) is 0. The van der Waals surface area contributed by atoms with Gasteiger partial charge in [-0.05, 0) is 92.7 Å². The minimum absolute atomic E-state index is 0.0392. The molecule has 2 aliphatic carbocycles. The van der Waals surface area contributed by atoms with E-state index in [-0.39, 0.29) is 35.5 Å². The average molecular weight is 549 g/mol. The summed E-state index contributed by atoms with van der Waals surface area (Å²) in [5.74, 6) is -1.08. The van der Waals surface area contributed by atoms with Crippen molar-refractivity contribution in [2.24, 2.45) is 17.6 Å². The Morgan fingerprint density at radius 2 is 1.62 bits per heavy atom. The number of amides is 2. The van der Waals surface area contributed by atoms with Crippen LogP contribution in [-0.4, -0.2) is 35.5 Å². The van der Waals surface area contributed by atoms with Crippen molar-refractivity contribution in [3.8, 4) is 0 Å². The van der Waals surface area contributed by atoms with Crippen molar-refractivity contribution >= 4 is 11.8 Å². The van der Waals surface area contributed by atoms with Crippen LogP contribution in [0.15, 0.2) is 42.5 Å². The third-order valence-corrected chi connectivity index (χ3v) is 9.41. The van der Waals surface area contributed by atoms with Crippen molar-refractivity contribution in [1.29, 1.82) is 0 Å². The Bertz CT molecular complexity index is 1250. The smallest absolute Gasteiger partial charge is 0.369 e. The molecule has 2 fully saturated rings. The Kier molecular flexibility index (Phi) is 7.00. The van der Waals surface area contributed by atoms with Gasteiger partial charge in [0.15, 0.2) is 0 Å².